The lowest BCUT2D eigenvalue weighted by atomic mass is 10.4. The van der Waals surface area contributed by atoms with Gasteiger partial charge in [-0.3, -0.25) is 9.59 Å². The van der Waals surface area contributed by atoms with E-state index in [1.54, 1.807) is 6.08 Å². The molecule has 0 aromatic carbocycles. The van der Waals surface area contributed by atoms with E-state index in [1.807, 2.05) is 0 Å². The minimum atomic E-state index is -0.564. The van der Waals surface area contributed by atoms with Crippen molar-refractivity contribution in [3.8, 4) is 0 Å². The number of aldehydes is 1. The summed E-state index contributed by atoms with van der Waals surface area (Å²) in [7, 11) is 0. The molecule has 0 fully saturated rings. The van der Waals surface area contributed by atoms with Gasteiger partial charge in [-0.05, 0) is 6.92 Å². The van der Waals surface area contributed by atoms with Gasteiger partial charge in [0.25, 0.3) is 0 Å². The van der Waals surface area contributed by atoms with Crippen molar-refractivity contribution in [2.75, 3.05) is 19.8 Å². The van der Waals surface area contributed by atoms with Crippen molar-refractivity contribution in [1.29, 1.82) is 0 Å². The van der Waals surface area contributed by atoms with Gasteiger partial charge in [-0.2, -0.15) is 0 Å². The highest BCUT2D eigenvalue weighted by atomic mass is 16.6. The molecule has 0 aliphatic heterocycles. The lowest BCUT2D eigenvalue weighted by Gasteiger charge is -2.16. The van der Waals surface area contributed by atoms with Crippen LogP contribution in [0.15, 0.2) is 12.7 Å². The second kappa shape index (κ2) is 13.4. The fourth-order valence-corrected chi connectivity index (χ4v) is 0.844. The summed E-state index contributed by atoms with van der Waals surface area (Å²) in [4.78, 5) is 30.0. The first-order valence-electron chi connectivity index (χ1n) is 5.36. The van der Waals surface area contributed by atoms with Crippen molar-refractivity contribution >= 4 is 18.2 Å². The van der Waals surface area contributed by atoms with Gasteiger partial charge in [0, 0.05) is 13.8 Å². The molecular weight excluding hydrogens is 240 g/mol. The molecule has 0 aromatic rings. The third kappa shape index (κ3) is 16.7. The lowest BCUT2D eigenvalue weighted by Crippen LogP contribution is -2.28. The molecule has 0 aromatic heterocycles. The molecule has 0 bridgehead atoms. The minimum absolute atomic E-state index is 0.00601. The predicted molar refractivity (Wildman–Crippen MR) is 64.9 cm³/mol. The standard InChI is InChI=1S/C10H16O5.C2H4O/c1-4-5-13-6-10(15-9(3)12)7-14-8(2)11;1-2-3/h4,10H,1,5-7H2,2-3H3;2H,1H3. The molecule has 0 spiro atoms. The Morgan fingerprint density at radius 2 is 1.78 bits per heavy atom. The largest absolute Gasteiger partial charge is 0.462 e. The van der Waals surface area contributed by atoms with Crippen LogP contribution in [-0.2, 0) is 28.6 Å². The number of ether oxygens (including phenoxy) is 3. The smallest absolute Gasteiger partial charge is 0.303 e. The number of esters is 2. The molecule has 1 unspecified atom stereocenters. The first kappa shape index (κ1) is 18.7. The van der Waals surface area contributed by atoms with Gasteiger partial charge in [0.15, 0.2) is 6.10 Å². The summed E-state index contributed by atoms with van der Waals surface area (Å²) in [5, 5.41) is 0. The predicted octanol–water partition coefficient (Wildman–Crippen LogP) is 0.889. The topological polar surface area (TPSA) is 78.9 Å². The Balaban J connectivity index is 0. The molecule has 104 valence electrons. The van der Waals surface area contributed by atoms with E-state index in [9.17, 15) is 9.59 Å². The van der Waals surface area contributed by atoms with Crippen LogP contribution in [0.2, 0.25) is 0 Å². The first-order valence-corrected chi connectivity index (χ1v) is 5.36. The van der Waals surface area contributed by atoms with Gasteiger partial charge >= 0.3 is 11.9 Å². The van der Waals surface area contributed by atoms with Gasteiger partial charge in [0.1, 0.15) is 12.9 Å². The highest BCUT2D eigenvalue weighted by Crippen LogP contribution is 1.96. The summed E-state index contributed by atoms with van der Waals surface area (Å²) < 4.78 is 14.7. The second-order valence-corrected chi connectivity index (χ2v) is 3.10. The van der Waals surface area contributed by atoms with Crippen LogP contribution in [0.25, 0.3) is 0 Å². The molecule has 6 heteroatoms. The van der Waals surface area contributed by atoms with E-state index in [0.717, 1.165) is 6.29 Å². The lowest BCUT2D eigenvalue weighted by molar-refractivity contribution is -0.159. The molecular formula is C12H20O6. The van der Waals surface area contributed by atoms with Gasteiger partial charge in [-0.25, -0.2) is 0 Å². The zero-order valence-electron chi connectivity index (χ0n) is 11.0. The van der Waals surface area contributed by atoms with Crippen molar-refractivity contribution in [3.63, 3.8) is 0 Å². The Labute approximate surface area is 107 Å². The Hall–Kier alpha value is -1.69. The fraction of sp³-hybridized carbons (Fsp3) is 0.583. The molecule has 0 aliphatic carbocycles. The molecule has 0 saturated carbocycles. The molecule has 18 heavy (non-hydrogen) atoms. The molecule has 0 saturated heterocycles. The van der Waals surface area contributed by atoms with E-state index < -0.39 is 18.0 Å². The maximum atomic E-state index is 10.7. The summed E-state index contributed by atoms with van der Waals surface area (Å²) in [5.41, 5.74) is 0. The molecule has 1 atom stereocenters. The van der Waals surface area contributed by atoms with Gasteiger partial charge in [-0.1, -0.05) is 6.08 Å². The zero-order valence-corrected chi connectivity index (χ0v) is 11.0. The van der Waals surface area contributed by atoms with Crippen LogP contribution in [-0.4, -0.2) is 44.1 Å². The molecule has 0 heterocycles. The third-order valence-electron chi connectivity index (χ3n) is 1.34. The van der Waals surface area contributed by atoms with Crippen molar-refractivity contribution < 1.29 is 28.6 Å². The number of rotatable bonds is 7. The number of carbonyl (C=O) groups is 3. The van der Waals surface area contributed by atoms with Gasteiger partial charge in [0.2, 0.25) is 0 Å². The highest BCUT2D eigenvalue weighted by Gasteiger charge is 2.13. The average Bonchev–Trinajstić information content (AvgIpc) is 2.26. The van der Waals surface area contributed by atoms with Gasteiger partial charge in [-0.15, -0.1) is 6.58 Å². The Kier molecular flexibility index (Phi) is 13.9. The fourth-order valence-electron chi connectivity index (χ4n) is 0.844. The minimum Gasteiger partial charge on any atom is -0.462 e. The molecule has 0 rings (SSSR count). The summed E-state index contributed by atoms with van der Waals surface area (Å²) in [5.74, 6) is -0.856. The summed E-state index contributed by atoms with van der Waals surface area (Å²) in [6.45, 7) is 8.04. The number of hydrogen-bond donors (Lipinski definition) is 0. The SMILES string of the molecule is C=CCOCC(COC(C)=O)OC(C)=O.CC=O. The Morgan fingerprint density at radius 1 is 1.22 bits per heavy atom. The monoisotopic (exact) mass is 260 g/mol. The van der Waals surface area contributed by atoms with Crippen LogP contribution in [0.1, 0.15) is 20.8 Å². The summed E-state index contributed by atoms with van der Waals surface area (Å²) >= 11 is 0. The quantitative estimate of drug-likeness (QED) is 0.293. The maximum absolute atomic E-state index is 10.7. The van der Waals surface area contributed by atoms with Crippen molar-refractivity contribution in [2.45, 2.75) is 26.9 Å². The molecule has 0 amide bonds. The molecule has 0 radical (unpaired) electrons. The van der Waals surface area contributed by atoms with Gasteiger partial charge < -0.3 is 19.0 Å². The van der Waals surface area contributed by atoms with Crippen LogP contribution in [0.4, 0.5) is 0 Å². The van der Waals surface area contributed by atoms with E-state index in [0.29, 0.717) is 6.61 Å². The van der Waals surface area contributed by atoms with E-state index in [1.165, 1.54) is 20.8 Å². The molecule has 0 N–H and O–H groups in total. The van der Waals surface area contributed by atoms with E-state index in [2.05, 4.69) is 6.58 Å². The molecule has 0 aliphatic rings. The summed E-state index contributed by atoms with van der Waals surface area (Å²) in [6, 6.07) is 0. The van der Waals surface area contributed by atoms with Crippen LogP contribution < -0.4 is 0 Å². The van der Waals surface area contributed by atoms with E-state index in [4.69, 9.17) is 19.0 Å². The van der Waals surface area contributed by atoms with Crippen LogP contribution in [0.5, 0.6) is 0 Å². The Bertz CT molecular complexity index is 261. The summed E-state index contributed by atoms with van der Waals surface area (Å²) in [6.07, 6.45) is 1.77. The maximum Gasteiger partial charge on any atom is 0.303 e. The average molecular weight is 260 g/mol. The first-order chi connectivity index (χ1) is 8.47. The van der Waals surface area contributed by atoms with Crippen LogP contribution in [0.3, 0.4) is 0 Å². The van der Waals surface area contributed by atoms with E-state index in [-0.39, 0.29) is 13.2 Å². The second-order valence-electron chi connectivity index (χ2n) is 3.10. The molecule has 6 nitrogen and oxygen atoms in total. The zero-order chi connectivity index (χ0) is 14.4. The normalized spacial score (nSPS) is 10.4. The van der Waals surface area contributed by atoms with Crippen LogP contribution in [0, 0.1) is 0 Å². The third-order valence-corrected chi connectivity index (χ3v) is 1.34. The Morgan fingerprint density at radius 3 is 2.17 bits per heavy atom. The van der Waals surface area contributed by atoms with Crippen molar-refractivity contribution in [1.82, 2.24) is 0 Å². The van der Waals surface area contributed by atoms with Crippen LogP contribution >= 0.6 is 0 Å². The van der Waals surface area contributed by atoms with Crippen molar-refractivity contribution in [2.24, 2.45) is 0 Å². The van der Waals surface area contributed by atoms with Gasteiger partial charge in [0.05, 0.1) is 13.2 Å². The van der Waals surface area contributed by atoms with E-state index >= 15 is 0 Å². The highest BCUT2D eigenvalue weighted by molar-refractivity contribution is 5.67. The number of carbonyl (C=O) groups excluding carboxylic acids is 3. The number of hydrogen-bond acceptors (Lipinski definition) is 6. The van der Waals surface area contributed by atoms with Crippen molar-refractivity contribution in [3.05, 3.63) is 12.7 Å².